The van der Waals surface area contributed by atoms with Gasteiger partial charge in [-0.1, -0.05) is 0 Å². The molecule has 0 spiro atoms. The first-order valence-corrected chi connectivity index (χ1v) is 18.0. The predicted octanol–water partition coefficient (Wildman–Crippen LogP) is 6.60. The summed E-state index contributed by atoms with van der Waals surface area (Å²) in [5, 5.41) is 0. The molecule has 0 N–H and O–H groups in total. The number of aromatic nitrogens is 1. The Balaban J connectivity index is 2.40. The molecule has 3 aromatic rings. The van der Waals surface area contributed by atoms with Crippen LogP contribution in [0.3, 0.4) is 0 Å². The van der Waals surface area contributed by atoms with Crippen LogP contribution in [-0.4, -0.2) is 13.3 Å². The Labute approximate surface area is 193 Å². The van der Waals surface area contributed by atoms with Crippen LogP contribution < -0.4 is 8.96 Å². The molecule has 30 heavy (non-hydrogen) atoms. The van der Waals surface area contributed by atoms with Gasteiger partial charge in [0.1, 0.15) is 0 Å². The second-order valence-electron chi connectivity index (χ2n) is 10.3. The van der Waals surface area contributed by atoms with Crippen molar-refractivity contribution in [3.8, 4) is 22.4 Å². The molecule has 0 aliphatic rings. The van der Waals surface area contributed by atoms with Gasteiger partial charge in [-0.15, -0.1) is 0 Å². The van der Waals surface area contributed by atoms with E-state index in [9.17, 15) is 0 Å². The van der Waals surface area contributed by atoms with Crippen molar-refractivity contribution in [3.05, 3.63) is 71.4 Å². The molecule has 0 atom stereocenters. The average Bonchev–Trinajstić information content (AvgIpc) is 2.72. The van der Waals surface area contributed by atoms with Crippen molar-refractivity contribution in [3.63, 3.8) is 0 Å². The quantitative estimate of drug-likeness (QED) is 0.302. The summed E-state index contributed by atoms with van der Waals surface area (Å²) in [5.41, 5.74) is 4.71. The summed E-state index contributed by atoms with van der Waals surface area (Å²) in [4.78, 5) is 0. The molecule has 0 unspecified atom stereocenters. The van der Waals surface area contributed by atoms with E-state index in [0.717, 1.165) is 32.3 Å². The molecule has 1 aromatic heterocycles. The van der Waals surface area contributed by atoms with Crippen molar-refractivity contribution in [1.82, 2.24) is 0 Å². The van der Waals surface area contributed by atoms with Crippen LogP contribution in [0.1, 0.15) is 44.3 Å². The van der Waals surface area contributed by atoms with Gasteiger partial charge in [-0.25, -0.2) is 0 Å². The van der Waals surface area contributed by atoms with Crippen LogP contribution in [-0.2, 0) is 13.4 Å². The summed E-state index contributed by atoms with van der Waals surface area (Å²) in [7, 11) is 2.00. The summed E-state index contributed by atoms with van der Waals surface area (Å²) in [5.74, 6) is 6.88. The van der Waals surface area contributed by atoms with E-state index in [2.05, 4.69) is 28.0 Å². The standard InChI is InChI=1S/C28H38GeN/c1-20-15-21(2)25(17-24(20)22-13-11-10-12-14-22)27-16-23(18-28(3,4)5)26(19-30(27)9)29(6,7)8/h10-17,19H,18H2,1-9H3/q+1/i1D3,18D2. The Bertz CT molecular complexity index is 1230. The minimum absolute atomic E-state index is 0.333. The van der Waals surface area contributed by atoms with E-state index in [1.165, 1.54) is 0 Å². The van der Waals surface area contributed by atoms with Crippen molar-refractivity contribution in [2.75, 3.05) is 0 Å². The molecule has 1 heterocycles. The minimum atomic E-state index is -2.43. The molecule has 3 rings (SSSR count). The first kappa shape index (κ1) is 16.8. The summed E-state index contributed by atoms with van der Waals surface area (Å²) in [6.07, 6.45) is 0.589. The van der Waals surface area contributed by atoms with Gasteiger partial charge in [-0.2, -0.15) is 0 Å². The molecular weight excluding hydrogens is 423 g/mol. The Morgan fingerprint density at radius 3 is 2.20 bits per heavy atom. The van der Waals surface area contributed by atoms with Crippen molar-refractivity contribution in [2.24, 2.45) is 12.5 Å². The van der Waals surface area contributed by atoms with Crippen LogP contribution in [0.5, 0.6) is 0 Å². The molecular formula is C28H38GeN+. The third-order valence-electron chi connectivity index (χ3n) is 5.32. The van der Waals surface area contributed by atoms with Gasteiger partial charge in [0.15, 0.2) is 0 Å². The van der Waals surface area contributed by atoms with Gasteiger partial charge in [-0.3, -0.25) is 0 Å². The second kappa shape index (κ2) is 8.34. The molecule has 0 fully saturated rings. The molecule has 2 heteroatoms. The monoisotopic (exact) mass is 467 g/mol. The maximum absolute atomic E-state index is 9.13. The van der Waals surface area contributed by atoms with Gasteiger partial charge in [0.2, 0.25) is 0 Å². The fourth-order valence-corrected chi connectivity index (χ4v) is 7.06. The topological polar surface area (TPSA) is 3.88 Å². The van der Waals surface area contributed by atoms with Crippen LogP contribution in [0.25, 0.3) is 22.4 Å². The van der Waals surface area contributed by atoms with Crippen molar-refractivity contribution < 1.29 is 11.4 Å². The van der Waals surface area contributed by atoms with Gasteiger partial charge in [0.05, 0.1) is 0 Å². The number of pyridine rings is 1. The Hall–Kier alpha value is -1.87. The van der Waals surface area contributed by atoms with Gasteiger partial charge < -0.3 is 0 Å². The predicted molar refractivity (Wildman–Crippen MR) is 134 cm³/mol. The third-order valence-corrected chi connectivity index (χ3v) is 9.54. The van der Waals surface area contributed by atoms with Crippen molar-refractivity contribution in [1.29, 1.82) is 0 Å². The molecule has 0 aliphatic carbocycles. The molecule has 0 saturated carbocycles. The molecule has 0 saturated heterocycles. The van der Waals surface area contributed by atoms with Gasteiger partial charge >= 0.3 is 194 Å². The number of aryl methyl sites for hydroxylation is 3. The summed E-state index contributed by atoms with van der Waals surface area (Å²) in [6, 6.07) is 15.4. The van der Waals surface area contributed by atoms with E-state index in [1.54, 1.807) is 6.07 Å². The molecule has 0 aliphatic heterocycles. The Morgan fingerprint density at radius 2 is 1.63 bits per heavy atom. The van der Waals surface area contributed by atoms with Gasteiger partial charge in [0, 0.05) is 0 Å². The van der Waals surface area contributed by atoms with Gasteiger partial charge in [0.25, 0.3) is 0 Å². The van der Waals surface area contributed by atoms with Crippen molar-refractivity contribution >= 4 is 17.7 Å². The number of hydrogen-bond donors (Lipinski definition) is 0. The third kappa shape index (κ3) is 5.06. The Kier molecular flexibility index (Phi) is 4.67. The molecule has 2 aromatic carbocycles. The molecule has 0 amide bonds. The summed E-state index contributed by atoms with van der Waals surface area (Å²) < 4.78 is 45.9. The molecule has 0 radical (unpaired) electrons. The van der Waals surface area contributed by atoms with E-state index >= 15 is 0 Å². The van der Waals surface area contributed by atoms with Crippen LogP contribution >= 0.6 is 0 Å². The normalized spacial score (nSPS) is 15.7. The number of benzene rings is 2. The zero-order chi connectivity index (χ0) is 26.6. The van der Waals surface area contributed by atoms with Gasteiger partial charge in [-0.05, 0) is 0 Å². The average molecular weight is 466 g/mol. The van der Waals surface area contributed by atoms with E-state index in [1.807, 2.05) is 77.2 Å². The van der Waals surface area contributed by atoms with Crippen LogP contribution in [0.15, 0.2) is 54.7 Å². The molecule has 158 valence electrons. The molecule has 0 bridgehead atoms. The summed E-state index contributed by atoms with van der Waals surface area (Å²) in [6.45, 7) is 5.54. The van der Waals surface area contributed by atoms with Crippen molar-refractivity contribution in [2.45, 2.75) is 58.2 Å². The summed E-state index contributed by atoms with van der Waals surface area (Å²) >= 11 is -2.43. The van der Waals surface area contributed by atoms with E-state index < -0.39 is 31.9 Å². The fourth-order valence-electron chi connectivity index (χ4n) is 3.86. The fraction of sp³-hybridized carbons (Fsp3) is 0.393. The van der Waals surface area contributed by atoms with Crippen LogP contribution in [0.4, 0.5) is 0 Å². The Morgan fingerprint density at radius 1 is 0.967 bits per heavy atom. The van der Waals surface area contributed by atoms with E-state index in [4.69, 9.17) is 6.85 Å². The number of nitrogens with zero attached hydrogens (tertiary/aromatic N) is 1. The van der Waals surface area contributed by atoms with E-state index in [0.29, 0.717) is 11.1 Å². The first-order chi connectivity index (χ1) is 15.9. The zero-order valence-corrected chi connectivity index (χ0v) is 21.7. The SMILES string of the molecule is [2H]C([2H])([2H])c1cc(C)c(-c2cc(C([2H])([2H])C(C)(C)C)[c]([Ge]([CH3])([CH3])[CH3])c[n+]2C)cc1-c1ccccc1. The van der Waals surface area contributed by atoms with E-state index in [-0.39, 0.29) is 0 Å². The first-order valence-electron chi connectivity index (χ1n) is 13.1. The van der Waals surface area contributed by atoms with Crippen LogP contribution in [0.2, 0.25) is 17.3 Å². The number of hydrogen-bond acceptors (Lipinski definition) is 0. The maximum atomic E-state index is 9.13. The number of rotatable bonds is 4. The molecule has 1 nitrogen and oxygen atoms in total. The van der Waals surface area contributed by atoms with Crippen LogP contribution in [0, 0.1) is 19.2 Å². The second-order valence-corrected chi connectivity index (χ2v) is 20.9. The zero-order valence-electron chi connectivity index (χ0n) is 24.6.